The average Bonchev–Trinajstić information content (AvgIpc) is 3.06. The minimum Gasteiger partial charge on any atom is -0.330 e. The number of nitrogens with one attached hydrogen (secondary N) is 1. The summed E-state index contributed by atoms with van der Waals surface area (Å²) in [5, 5.41) is 3.69. The van der Waals surface area contributed by atoms with Gasteiger partial charge in [-0.25, -0.2) is 0 Å². The molecule has 0 bridgehead atoms. The van der Waals surface area contributed by atoms with E-state index in [1.807, 2.05) is 0 Å². The van der Waals surface area contributed by atoms with Gasteiger partial charge in [0.05, 0.1) is 0 Å². The highest BCUT2D eigenvalue weighted by Gasteiger charge is 2.41. The van der Waals surface area contributed by atoms with E-state index >= 15 is 0 Å². The van der Waals surface area contributed by atoms with E-state index in [2.05, 4.69) is 26.1 Å². The van der Waals surface area contributed by atoms with Gasteiger partial charge in [-0.05, 0) is 49.5 Å². The molecule has 0 saturated heterocycles. The maximum atomic E-state index is 5.91. The zero-order chi connectivity index (χ0) is 12.1. The molecule has 16 heavy (non-hydrogen) atoms. The number of hydrogen-bond donors (Lipinski definition) is 2. The van der Waals surface area contributed by atoms with Crippen molar-refractivity contribution in [2.24, 2.45) is 16.6 Å². The minimum atomic E-state index is 0.336. The van der Waals surface area contributed by atoms with E-state index in [9.17, 15) is 0 Å². The lowest BCUT2D eigenvalue weighted by Crippen LogP contribution is -2.41. The van der Waals surface area contributed by atoms with Crippen LogP contribution in [0.25, 0.3) is 0 Å². The Morgan fingerprint density at radius 1 is 1.19 bits per heavy atom. The monoisotopic (exact) mass is 226 g/mol. The molecule has 1 rings (SSSR count). The van der Waals surface area contributed by atoms with Gasteiger partial charge in [0, 0.05) is 13.1 Å². The van der Waals surface area contributed by atoms with Crippen LogP contribution in [0, 0.1) is 10.8 Å². The zero-order valence-corrected chi connectivity index (χ0v) is 11.4. The summed E-state index contributed by atoms with van der Waals surface area (Å²) in [4.78, 5) is 0. The Balaban J connectivity index is 2.28. The molecule has 0 spiro atoms. The Morgan fingerprint density at radius 3 is 2.19 bits per heavy atom. The van der Waals surface area contributed by atoms with Gasteiger partial charge in [-0.2, -0.15) is 0 Å². The van der Waals surface area contributed by atoms with Gasteiger partial charge < -0.3 is 11.1 Å². The fourth-order valence-corrected chi connectivity index (χ4v) is 2.68. The molecule has 1 aliphatic rings. The van der Waals surface area contributed by atoms with Crippen molar-refractivity contribution in [2.75, 3.05) is 19.6 Å². The van der Waals surface area contributed by atoms with E-state index in [1.54, 1.807) is 0 Å². The van der Waals surface area contributed by atoms with Gasteiger partial charge in [-0.3, -0.25) is 0 Å². The molecule has 1 fully saturated rings. The molecule has 0 atom stereocenters. The van der Waals surface area contributed by atoms with Gasteiger partial charge >= 0.3 is 0 Å². The Hall–Kier alpha value is -0.0800. The molecule has 2 nitrogen and oxygen atoms in total. The van der Waals surface area contributed by atoms with Crippen molar-refractivity contribution < 1.29 is 0 Å². The van der Waals surface area contributed by atoms with E-state index < -0.39 is 0 Å². The predicted octanol–water partition coefficient (Wildman–Crippen LogP) is 2.92. The van der Waals surface area contributed by atoms with Crippen LogP contribution in [0.5, 0.6) is 0 Å². The summed E-state index contributed by atoms with van der Waals surface area (Å²) in [6.45, 7) is 9.94. The Kier molecular flexibility index (Phi) is 5.26. The maximum Gasteiger partial charge on any atom is 0.00199 e. The fourth-order valence-electron chi connectivity index (χ4n) is 2.68. The lowest BCUT2D eigenvalue weighted by Gasteiger charge is -2.31. The van der Waals surface area contributed by atoms with Crippen LogP contribution in [0.4, 0.5) is 0 Å². The van der Waals surface area contributed by atoms with Crippen molar-refractivity contribution in [3.05, 3.63) is 0 Å². The second-order valence-electron chi connectivity index (χ2n) is 5.76. The zero-order valence-electron chi connectivity index (χ0n) is 11.4. The smallest absolute Gasteiger partial charge is 0.00199 e. The normalized spacial score (nSPS) is 18.8. The quantitative estimate of drug-likeness (QED) is 0.634. The molecule has 1 aliphatic carbocycles. The molecule has 0 radical (unpaired) electrons. The second kappa shape index (κ2) is 6.02. The fraction of sp³-hybridized carbons (Fsp3) is 1.00. The van der Waals surface area contributed by atoms with Gasteiger partial charge in [0.25, 0.3) is 0 Å². The van der Waals surface area contributed by atoms with E-state index in [0.717, 1.165) is 13.1 Å². The van der Waals surface area contributed by atoms with Crippen LogP contribution in [0.2, 0.25) is 0 Å². The molecule has 0 aromatic carbocycles. The molecule has 2 heteroatoms. The van der Waals surface area contributed by atoms with Gasteiger partial charge in [-0.15, -0.1) is 0 Å². The molecule has 3 N–H and O–H groups in total. The summed E-state index contributed by atoms with van der Waals surface area (Å²) in [6.07, 6.45) is 7.96. The highest BCUT2D eigenvalue weighted by atomic mass is 14.9. The largest absolute Gasteiger partial charge is 0.330 e. The number of rotatable bonds is 9. The summed E-state index contributed by atoms with van der Waals surface area (Å²) in [5.74, 6) is 0. The van der Waals surface area contributed by atoms with Crippen molar-refractivity contribution >= 4 is 0 Å². The summed E-state index contributed by atoms with van der Waals surface area (Å²) in [5.41, 5.74) is 6.91. The van der Waals surface area contributed by atoms with Gasteiger partial charge in [0.1, 0.15) is 0 Å². The van der Waals surface area contributed by atoms with Crippen LogP contribution in [0.15, 0.2) is 0 Å². The summed E-state index contributed by atoms with van der Waals surface area (Å²) in [6, 6.07) is 0. The van der Waals surface area contributed by atoms with E-state index in [4.69, 9.17) is 5.73 Å². The number of nitrogens with two attached hydrogens (primary N) is 1. The average molecular weight is 226 g/mol. The van der Waals surface area contributed by atoms with Gasteiger partial charge in [-0.1, -0.05) is 27.2 Å². The number of hydrogen-bond acceptors (Lipinski definition) is 2. The first-order valence-electron chi connectivity index (χ1n) is 7.07. The van der Waals surface area contributed by atoms with Crippen molar-refractivity contribution in [1.82, 2.24) is 5.32 Å². The first-order valence-corrected chi connectivity index (χ1v) is 7.07. The topological polar surface area (TPSA) is 38.0 Å². The van der Waals surface area contributed by atoms with Crippen LogP contribution in [-0.4, -0.2) is 19.6 Å². The molecule has 96 valence electrons. The van der Waals surface area contributed by atoms with Gasteiger partial charge in [0.2, 0.25) is 0 Å². The van der Waals surface area contributed by atoms with Crippen molar-refractivity contribution in [3.8, 4) is 0 Å². The first kappa shape index (κ1) is 14.0. The molecular weight excluding hydrogens is 196 g/mol. The minimum absolute atomic E-state index is 0.336. The van der Waals surface area contributed by atoms with Crippen molar-refractivity contribution in [2.45, 2.75) is 59.3 Å². The molecular formula is C14H30N2. The summed E-state index contributed by atoms with van der Waals surface area (Å²) >= 11 is 0. The standard InChI is InChI=1S/C14H30N2/c1-4-7-14(8-9-14)12-16-11-13(5-2,6-3)10-15/h16H,4-12,15H2,1-3H3. The van der Waals surface area contributed by atoms with E-state index in [0.29, 0.717) is 10.8 Å². The molecule has 0 heterocycles. The Bertz CT molecular complexity index is 185. The SMILES string of the molecule is CCCC1(CNCC(CC)(CC)CN)CC1. The van der Waals surface area contributed by atoms with Crippen molar-refractivity contribution in [3.63, 3.8) is 0 Å². The van der Waals surface area contributed by atoms with E-state index in [1.165, 1.54) is 45.1 Å². The third kappa shape index (κ3) is 3.46. The third-order valence-electron chi connectivity index (χ3n) is 4.67. The highest BCUT2D eigenvalue weighted by Crippen LogP contribution is 2.49. The summed E-state index contributed by atoms with van der Waals surface area (Å²) < 4.78 is 0. The van der Waals surface area contributed by atoms with Crippen LogP contribution in [0.3, 0.4) is 0 Å². The Labute approximate surface area is 101 Å². The predicted molar refractivity (Wildman–Crippen MR) is 71.5 cm³/mol. The van der Waals surface area contributed by atoms with Gasteiger partial charge in [0.15, 0.2) is 0 Å². The first-order chi connectivity index (χ1) is 7.66. The van der Waals surface area contributed by atoms with Crippen LogP contribution >= 0.6 is 0 Å². The van der Waals surface area contributed by atoms with E-state index in [-0.39, 0.29) is 0 Å². The summed E-state index contributed by atoms with van der Waals surface area (Å²) in [7, 11) is 0. The molecule has 0 aliphatic heterocycles. The molecule has 0 amide bonds. The lowest BCUT2D eigenvalue weighted by molar-refractivity contribution is 0.248. The molecule has 0 aromatic heterocycles. The molecule has 0 aromatic rings. The van der Waals surface area contributed by atoms with Crippen molar-refractivity contribution in [1.29, 1.82) is 0 Å². The maximum absolute atomic E-state index is 5.91. The lowest BCUT2D eigenvalue weighted by atomic mass is 9.82. The molecule has 0 unspecified atom stereocenters. The van der Waals surface area contributed by atoms with Crippen LogP contribution < -0.4 is 11.1 Å². The highest BCUT2D eigenvalue weighted by molar-refractivity contribution is 4.95. The van der Waals surface area contributed by atoms with Crippen LogP contribution in [0.1, 0.15) is 59.3 Å². The van der Waals surface area contributed by atoms with Crippen LogP contribution in [-0.2, 0) is 0 Å². The third-order valence-corrected chi connectivity index (χ3v) is 4.67. The second-order valence-corrected chi connectivity index (χ2v) is 5.76. The molecule has 1 saturated carbocycles. The Morgan fingerprint density at radius 2 is 1.81 bits per heavy atom.